The van der Waals surface area contributed by atoms with Crippen LogP contribution in [0.5, 0.6) is 0 Å². The summed E-state index contributed by atoms with van der Waals surface area (Å²) in [6.45, 7) is 2.36. The van der Waals surface area contributed by atoms with Gasteiger partial charge in [-0.2, -0.15) is 0 Å². The van der Waals surface area contributed by atoms with Crippen molar-refractivity contribution in [1.82, 2.24) is 0 Å². The highest BCUT2D eigenvalue weighted by atomic mass is 35.5. The van der Waals surface area contributed by atoms with Crippen LogP contribution in [0.4, 0.5) is 5.69 Å². The second kappa shape index (κ2) is 5.99. The number of ketones is 1. The van der Waals surface area contributed by atoms with Crippen molar-refractivity contribution in [1.29, 1.82) is 0 Å². The molecule has 1 rings (SSSR count). The van der Waals surface area contributed by atoms with Gasteiger partial charge in [-0.3, -0.25) is 0 Å². The van der Waals surface area contributed by atoms with Gasteiger partial charge in [0.05, 0.1) is 10.0 Å². The lowest BCUT2D eigenvalue weighted by atomic mass is 10.2. The normalized spacial score (nSPS) is 10.1. The fourth-order valence-electron chi connectivity index (χ4n) is 1.18. The van der Waals surface area contributed by atoms with Gasteiger partial charge in [-0.05, 0) is 31.5 Å². The largest absolute Gasteiger partial charge is 0.385 e. The Balaban J connectivity index is 2.38. The maximum absolute atomic E-state index is 10.7. The van der Waals surface area contributed by atoms with Crippen LogP contribution < -0.4 is 5.32 Å². The first kappa shape index (κ1) is 12.3. The van der Waals surface area contributed by atoms with E-state index in [1.165, 1.54) is 0 Å². The van der Waals surface area contributed by atoms with Gasteiger partial charge in [0, 0.05) is 18.7 Å². The van der Waals surface area contributed by atoms with E-state index in [0.717, 1.165) is 18.7 Å². The summed E-state index contributed by atoms with van der Waals surface area (Å²) in [6.07, 6.45) is 1.43. The summed E-state index contributed by atoms with van der Waals surface area (Å²) in [4.78, 5) is 10.7. The van der Waals surface area contributed by atoms with Crippen molar-refractivity contribution in [3.8, 4) is 0 Å². The van der Waals surface area contributed by atoms with Crippen LogP contribution in [0.15, 0.2) is 18.2 Å². The molecule has 0 aliphatic heterocycles. The lowest BCUT2D eigenvalue weighted by Gasteiger charge is -2.06. The molecule has 1 aromatic carbocycles. The zero-order chi connectivity index (χ0) is 11.3. The highest BCUT2D eigenvalue weighted by molar-refractivity contribution is 6.42. The molecule has 0 spiro atoms. The summed E-state index contributed by atoms with van der Waals surface area (Å²) < 4.78 is 0. The van der Waals surface area contributed by atoms with Crippen LogP contribution >= 0.6 is 23.2 Å². The van der Waals surface area contributed by atoms with Crippen LogP contribution in [0.3, 0.4) is 0 Å². The Morgan fingerprint density at radius 3 is 2.67 bits per heavy atom. The summed E-state index contributed by atoms with van der Waals surface area (Å²) >= 11 is 11.6. The van der Waals surface area contributed by atoms with Crippen LogP contribution in [0.2, 0.25) is 10.0 Å². The summed E-state index contributed by atoms with van der Waals surface area (Å²) in [5, 5.41) is 4.26. The molecule has 1 aromatic rings. The van der Waals surface area contributed by atoms with Crippen molar-refractivity contribution in [3.05, 3.63) is 28.2 Å². The van der Waals surface area contributed by atoms with E-state index in [2.05, 4.69) is 5.32 Å². The van der Waals surface area contributed by atoms with E-state index < -0.39 is 0 Å². The SMILES string of the molecule is CC(=O)CCCNc1ccc(Cl)c(Cl)c1. The quantitative estimate of drug-likeness (QED) is 0.801. The van der Waals surface area contributed by atoms with E-state index in [-0.39, 0.29) is 5.78 Å². The van der Waals surface area contributed by atoms with Crippen molar-refractivity contribution >= 4 is 34.7 Å². The molecule has 4 heteroatoms. The van der Waals surface area contributed by atoms with Gasteiger partial charge in [0.25, 0.3) is 0 Å². The second-order valence-electron chi connectivity index (χ2n) is 3.36. The molecule has 0 unspecified atom stereocenters. The molecular weight excluding hydrogens is 233 g/mol. The minimum absolute atomic E-state index is 0.214. The molecule has 0 aromatic heterocycles. The average Bonchev–Trinajstić information content (AvgIpc) is 2.18. The maximum atomic E-state index is 10.7. The predicted molar refractivity (Wildman–Crippen MR) is 64.9 cm³/mol. The van der Waals surface area contributed by atoms with Crippen molar-refractivity contribution < 1.29 is 4.79 Å². The van der Waals surface area contributed by atoms with E-state index in [0.29, 0.717) is 16.5 Å². The summed E-state index contributed by atoms with van der Waals surface area (Å²) in [5.74, 6) is 0.214. The van der Waals surface area contributed by atoms with Crippen LogP contribution in [-0.2, 0) is 4.79 Å². The Bertz CT molecular complexity index is 352. The molecule has 0 aliphatic rings. The van der Waals surface area contributed by atoms with Gasteiger partial charge < -0.3 is 10.1 Å². The van der Waals surface area contributed by atoms with Crippen molar-refractivity contribution in [2.24, 2.45) is 0 Å². The number of carbonyl (C=O) groups excluding carboxylic acids is 1. The molecule has 0 bridgehead atoms. The zero-order valence-corrected chi connectivity index (χ0v) is 10.0. The highest BCUT2D eigenvalue weighted by Gasteiger charge is 1.99. The van der Waals surface area contributed by atoms with E-state index in [1.54, 1.807) is 19.1 Å². The molecule has 82 valence electrons. The smallest absolute Gasteiger partial charge is 0.129 e. The third-order valence-electron chi connectivity index (χ3n) is 1.95. The number of Topliss-reactive ketones (excluding diaryl/α,β-unsaturated/α-hetero) is 1. The number of rotatable bonds is 5. The van der Waals surface area contributed by atoms with Crippen LogP contribution in [0.25, 0.3) is 0 Å². The van der Waals surface area contributed by atoms with Gasteiger partial charge in [0.1, 0.15) is 5.78 Å². The first-order valence-electron chi connectivity index (χ1n) is 4.78. The van der Waals surface area contributed by atoms with Crippen LogP contribution in [-0.4, -0.2) is 12.3 Å². The number of halogens is 2. The summed E-state index contributed by atoms with van der Waals surface area (Å²) in [5.41, 5.74) is 0.924. The Morgan fingerprint density at radius 1 is 1.33 bits per heavy atom. The monoisotopic (exact) mass is 245 g/mol. The molecule has 0 radical (unpaired) electrons. The second-order valence-corrected chi connectivity index (χ2v) is 4.18. The molecule has 0 saturated heterocycles. The maximum Gasteiger partial charge on any atom is 0.129 e. The summed E-state index contributed by atoms with van der Waals surface area (Å²) in [7, 11) is 0. The molecular formula is C11H13Cl2NO. The lowest BCUT2D eigenvalue weighted by molar-refractivity contribution is -0.117. The van der Waals surface area contributed by atoms with Gasteiger partial charge in [-0.25, -0.2) is 0 Å². The van der Waals surface area contributed by atoms with Gasteiger partial charge in [-0.15, -0.1) is 0 Å². The fourth-order valence-corrected chi connectivity index (χ4v) is 1.47. The predicted octanol–water partition coefficient (Wildman–Crippen LogP) is 3.77. The first-order valence-corrected chi connectivity index (χ1v) is 5.53. The Hall–Kier alpha value is -0.730. The molecule has 0 heterocycles. The topological polar surface area (TPSA) is 29.1 Å². The third-order valence-corrected chi connectivity index (χ3v) is 2.69. The lowest BCUT2D eigenvalue weighted by Crippen LogP contribution is -2.03. The van der Waals surface area contributed by atoms with E-state index in [1.807, 2.05) is 6.07 Å². The van der Waals surface area contributed by atoms with Crippen molar-refractivity contribution in [2.45, 2.75) is 19.8 Å². The van der Waals surface area contributed by atoms with Gasteiger partial charge in [-0.1, -0.05) is 23.2 Å². The number of hydrogen-bond donors (Lipinski definition) is 1. The number of nitrogens with one attached hydrogen (secondary N) is 1. The molecule has 0 aliphatic carbocycles. The van der Waals surface area contributed by atoms with Crippen molar-refractivity contribution in [2.75, 3.05) is 11.9 Å². The van der Waals surface area contributed by atoms with Gasteiger partial charge in [0.15, 0.2) is 0 Å². The Labute approximate surface area is 99.6 Å². The van der Waals surface area contributed by atoms with Crippen molar-refractivity contribution in [3.63, 3.8) is 0 Å². The van der Waals surface area contributed by atoms with Gasteiger partial charge in [0.2, 0.25) is 0 Å². The molecule has 1 N–H and O–H groups in total. The zero-order valence-electron chi connectivity index (χ0n) is 8.52. The Morgan fingerprint density at radius 2 is 2.07 bits per heavy atom. The molecule has 15 heavy (non-hydrogen) atoms. The molecule has 0 saturated carbocycles. The number of carbonyl (C=O) groups is 1. The standard InChI is InChI=1S/C11H13Cl2NO/c1-8(15)3-2-6-14-9-4-5-10(12)11(13)7-9/h4-5,7,14H,2-3,6H2,1H3. The van der Waals surface area contributed by atoms with Crippen LogP contribution in [0, 0.1) is 0 Å². The number of benzene rings is 1. The van der Waals surface area contributed by atoms with Gasteiger partial charge >= 0.3 is 0 Å². The van der Waals surface area contributed by atoms with Crippen LogP contribution in [0.1, 0.15) is 19.8 Å². The highest BCUT2D eigenvalue weighted by Crippen LogP contribution is 2.24. The summed E-state index contributed by atoms with van der Waals surface area (Å²) in [6, 6.07) is 5.39. The molecule has 0 fully saturated rings. The first-order chi connectivity index (χ1) is 7.09. The van der Waals surface area contributed by atoms with E-state index in [4.69, 9.17) is 23.2 Å². The molecule has 0 atom stereocenters. The number of hydrogen-bond acceptors (Lipinski definition) is 2. The average molecular weight is 246 g/mol. The van der Waals surface area contributed by atoms with E-state index >= 15 is 0 Å². The van der Waals surface area contributed by atoms with E-state index in [9.17, 15) is 4.79 Å². The minimum Gasteiger partial charge on any atom is -0.385 e. The fraction of sp³-hybridized carbons (Fsp3) is 0.364. The minimum atomic E-state index is 0.214. The Kier molecular flexibility index (Phi) is 4.92. The number of anilines is 1. The molecule has 2 nitrogen and oxygen atoms in total. The molecule has 0 amide bonds. The third kappa shape index (κ3) is 4.54.